The van der Waals surface area contributed by atoms with Gasteiger partial charge in [-0.1, -0.05) is 29.3 Å². The molecule has 1 amide bonds. The highest BCUT2D eigenvalue weighted by Gasteiger charge is 2.22. The summed E-state index contributed by atoms with van der Waals surface area (Å²) in [6, 6.07) is 2.92. The van der Waals surface area contributed by atoms with Gasteiger partial charge in [0.15, 0.2) is 0 Å². The van der Waals surface area contributed by atoms with Gasteiger partial charge >= 0.3 is 0 Å². The Bertz CT molecular complexity index is 622. The zero-order valence-electron chi connectivity index (χ0n) is 11.4. The standard InChI is InChI=1S/C12H16Cl2N2O4S/c1-7(16-21(2,19)20)12(18)15-11(6-17)9-4-3-8(13)5-10(9)14/h3-5,7,11,16-17H,6H2,1-2H3,(H,15,18). The van der Waals surface area contributed by atoms with Gasteiger partial charge in [-0.25, -0.2) is 13.1 Å². The van der Waals surface area contributed by atoms with Crippen LogP contribution in [0.4, 0.5) is 0 Å². The number of rotatable bonds is 6. The number of aliphatic hydroxyl groups excluding tert-OH is 1. The smallest absolute Gasteiger partial charge is 0.238 e. The molecule has 3 N–H and O–H groups in total. The van der Waals surface area contributed by atoms with Crippen molar-refractivity contribution in [2.75, 3.05) is 12.9 Å². The van der Waals surface area contributed by atoms with Crippen LogP contribution < -0.4 is 10.0 Å². The third kappa shape index (κ3) is 5.80. The van der Waals surface area contributed by atoms with Crippen LogP contribution in [0.1, 0.15) is 18.5 Å². The second-order valence-corrected chi connectivity index (χ2v) is 7.14. The third-order valence-electron chi connectivity index (χ3n) is 2.62. The summed E-state index contributed by atoms with van der Waals surface area (Å²) in [7, 11) is -3.51. The quantitative estimate of drug-likeness (QED) is 0.712. The minimum atomic E-state index is -3.51. The largest absolute Gasteiger partial charge is 0.394 e. The van der Waals surface area contributed by atoms with E-state index in [-0.39, 0.29) is 0 Å². The van der Waals surface area contributed by atoms with Gasteiger partial charge in [-0.05, 0) is 24.6 Å². The Morgan fingerprint density at radius 1 is 1.38 bits per heavy atom. The summed E-state index contributed by atoms with van der Waals surface area (Å²) in [6.07, 6.45) is 0.955. The molecule has 0 aliphatic heterocycles. The number of amides is 1. The second-order valence-electron chi connectivity index (χ2n) is 4.52. The number of carbonyl (C=O) groups excluding carboxylic acids is 1. The fourth-order valence-corrected chi connectivity index (χ4v) is 2.97. The first-order chi connectivity index (χ1) is 9.64. The van der Waals surface area contributed by atoms with Crippen LogP contribution in [-0.2, 0) is 14.8 Å². The Hall–Kier alpha value is -0.860. The molecule has 1 aromatic carbocycles. The summed E-state index contributed by atoms with van der Waals surface area (Å²) in [5.74, 6) is -0.578. The van der Waals surface area contributed by atoms with Crippen molar-refractivity contribution in [1.29, 1.82) is 0 Å². The van der Waals surface area contributed by atoms with Crippen molar-refractivity contribution in [3.63, 3.8) is 0 Å². The summed E-state index contributed by atoms with van der Waals surface area (Å²) in [6.45, 7) is 1.01. The highest BCUT2D eigenvalue weighted by Crippen LogP contribution is 2.26. The van der Waals surface area contributed by atoms with Crippen LogP contribution in [0.3, 0.4) is 0 Å². The summed E-state index contributed by atoms with van der Waals surface area (Å²) < 4.78 is 24.3. The average molecular weight is 355 g/mol. The molecule has 0 aliphatic rings. The van der Waals surface area contributed by atoms with E-state index in [9.17, 15) is 18.3 Å². The number of nitrogens with one attached hydrogen (secondary N) is 2. The minimum absolute atomic E-state index is 0.297. The second kappa shape index (κ2) is 7.42. The number of carbonyl (C=O) groups is 1. The maximum atomic E-state index is 11.9. The molecule has 2 atom stereocenters. The van der Waals surface area contributed by atoms with Crippen LogP contribution in [0.15, 0.2) is 18.2 Å². The van der Waals surface area contributed by atoms with E-state index < -0.39 is 34.6 Å². The van der Waals surface area contributed by atoms with Crippen molar-refractivity contribution >= 4 is 39.1 Å². The van der Waals surface area contributed by atoms with Gasteiger partial charge in [-0.2, -0.15) is 0 Å². The van der Waals surface area contributed by atoms with E-state index >= 15 is 0 Å². The van der Waals surface area contributed by atoms with Gasteiger partial charge in [-0.3, -0.25) is 4.79 Å². The number of sulfonamides is 1. The monoisotopic (exact) mass is 354 g/mol. The maximum Gasteiger partial charge on any atom is 0.238 e. The highest BCUT2D eigenvalue weighted by atomic mass is 35.5. The highest BCUT2D eigenvalue weighted by molar-refractivity contribution is 7.88. The van der Waals surface area contributed by atoms with Crippen LogP contribution >= 0.6 is 23.2 Å². The Morgan fingerprint density at radius 2 is 2.00 bits per heavy atom. The number of hydrogen-bond acceptors (Lipinski definition) is 4. The topological polar surface area (TPSA) is 95.5 Å². The fourth-order valence-electron chi connectivity index (χ4n) is 1.68. The molecule has 0 saturated carbocycles. The van der Waals surface area contributed by atoms with E-state index in [0.717, 1.165) is 6.26 Å². The van der Waals surface area contributed by atoms with Gasteiger partial charge in [-0.15, -0.1) is 0 Å². The molecule has 0 bridgehead atoms. The zero-order valence-corrected chi connectivity index (χ0v) is 13.8. The van der Waals surface area contributed by atoms with Crippen LogP contribution in [-0.4, -0.2) is 38.3 Å². The average Bonchev–Trinajstić information content (AvgIpc) is 2.34. The number of benzene rings is 1. The molecule has 9 heteroatoms. The fraction of sp³-hybridized carbons (Fsp3) is 0.417. The third-order valence-corrected chi connectivity index (χ3v) is 3.97. The first kappa shape index (κ1) is 18.2. The lowest BCUT2D eigenvalue weighted by Gasteiger charge is -2.20. The Kier molecular flexibility index (Phi) is 6.42. The first-order valence-electron chi connectivity index (χ1n) is 5.97. The van der Waals surface area contributed by atoms with Crippen LogP contribution in [0.25, 0.3) is 0 Å². The lowest BCUT2D eigenvalue weighted by atomic mass is 10.1. The predicted octanol–water partition coefficient (Wildman–Crippen LogP) is 1.08. The van der Waals surface area contributed by atoms with Crippen molar-refractivity contribution in [1.82, 2.24) is 10.0 Å². The molecule has 1 aromatic rings. The molecule has 6 nitrogen and oxygen atoms in total. The van der Waals surface area contributed by atoms with Crippen LogP contribution in [0.2, 0.25) is 10.0 Å². The zero-order chi connectivity index (χ0) is 16.2. The molecule has 0 fully saturated rings. The summed E-state index contributed by atoms with van der Waals surface area (Å²) in [5.41, 5.74) is 0.489. The molecule has 118 valence electrons. The molecule has 0 saturated heterocycles. The van der Waals surface area contributed by atoms with Gasteiger partial charge in [0.25, 0.3) is 0 Å². The van der Waals surface area contributed by atoms with Crippen molar-refractivity contribution in [3.05, 3.63) is 33.8 Å². The van der Waals surface area contributed by atoms with Gasteiger partial charge in [0.1, 0.15) is 0 Å². The first-order valence-corrected chi connectivity index (χ1v) is 8.62. The van der Waals surface area contributed by atoms with Crippen molar-refractivity contribution < 1.29 is 18.3 Å². The number of hydrogen-bond donors (Lipinski definition) is 3. The van der Waals surface area contributed by atoms with Crippen LogP contribution in [0, 0.1) is 0 Å². The van der Waals surface area contributed by atoms with Gasteiger partial charge in [0.2, 0.25) is 15.9 Å². The van der Waals surface area contributed by atoms with Gasteiger partial charge < -0.3 is 10.4 Å². The number of aliphatic hydroxyl groups is 1. The van der Waals surface area contributed by atoms with E-state index in [1.54, 1.807) is 12.1 Å². The van der Waals surface area contributed by atoms with Gasteiger partial charge in [0, 0.05) is 10.0 Å². The molecule has 0 aromatic heterocycles. The summed E-state index contributed by atoms with van der Waals surface area (Å²) in [4.78, 5) is 11.9. The molecule has 2 unspecified atom stereocenters. The molecule has 21 heavy (non-hydrogen) atoms. The van der Waals surface area contributed by atoms with E-state index in [2.05, 4.69) is 10.0 Å². The summed E-state index contributed by atoms with van der Waals surface area (Å²) in [5, 5.41) is 12.6. The lowest BCUT2D eigenvalue weighted by molar-refractivity contribution is -0.123. The molecular formula is C12H16Cl2N2O4S. The predicted molar refractivity (Wildman–Crippen MR) is 81.9 cm³/mol. The Labute approximate surface area is 133 Å². The normalized spacial score (nSPS) is 14.5. The van der Waals surface area contributed by atoms with E-state index in [1.165, 1.54) is 13.0 Å². The molecular weight excluding hydrogens is 339 g/mol. The van der Waals surface area contributed by atoms with E-state index in [1.807, 2.05) is 0 Å². The van der Waals surface area contributed by atoms with Crippen LogP contribution in [0.5, 0.6) is 0 Å². The SMILES string of the molecule is CC(NS(C)(=O)=O)C(=O)NC(CO)c1ccc(Cl)cc1Cl. The lowest BCUT2D eigenvalue weighted by Crippen LogP contribution is -2.46. The van der Waals surface area contributed by atoms with Crippen molar-refractivity contribution in [2.24, 2.45) is 0 Å². The molecule has 1 rings (SSSR count). The molecule has 0 spiro atoms. The molecule has 0 radical (unpaired) electrons. The van der Waals surface area contributed by atoms with E-state index in [0.29, 0.717) is 15.6 Å². The minimum Gasteiger partial charge on any atom is -0.394 e. The van der Waals surface area contributed by atoms with E-state index in [4.69, 9.17) is 23.2 Å². The molecule has 0 heterocycles. The van der Waals surface area contributed by atoms with Gasteiger partial charge in [0.05, 0.1) is 24.9 Å². The molecule has 0 aliphatic carbocycles. The van der Waals surface area contributed by atoms with Crippen molar-refractivity contribution in [2.45, 2.75) is 19.0 Å². The van der Waals surface area contributed by atoms with Crippen molar-refractivity contribution in [3.8, 4) is 0 Å². The number of halogens is 2. The Morgan fingerprint density at radius 3 is 2.48 bits per heavy atom. The Balaban J connectivity index is 2.85. The summed E-state index contributed by atoms with van der Waals surface area (Å²) >= 11 is 11.8. The maximum absolute atomic E-state index is 11.9.